The van der Waals surface area contributed by atoms with Gasteiger partial charge < -0.3 is 4.42 Å². The van der Waals surface area contributed by atoms with Crippen LogP contribution in [0.15, 0.2) is 89.3 Å². The lowest BCUT2D eigenvalue weighted by molar-refractivity contribution is 0.100. The number of anilines is 2. The van der Waals surface area contributed by atoms with Crippen molar-refractivity contribution in [2.45, 2.75) is 52.4 Å². The Kier molecular flexibility index (Phi) is 4.73. The van der Waals surface area contributed by atoms with Gasteiger partial charge in [-0.3, -0.25) is 9.69 Å². The van der Waals surface area contributed by atoms with E-state index in [4.69, 9.17) is 4.42 Å². The van der Waals surface area contributed by atoms with Crippen molar-refractivity contribution in [1.82, 2.24) is 0 Å². The van der Waals surface area contributed by atoms with Crippen molar-refractivity contribution in [3.8, 4) is 0 Å². The van der Waals surface area contributed by atoms with E-state index >= 15 is 0 Å². The van der Waals surface area contributed by atoms with E-state index in [1.54, 1.807) is 0 Å². The Bertz CT molecular complexity index is 2090. The van der Waals surface area contributed by atoms with Crippen LogP contribution >= 0.6 is 0 Å². The van der Waals surface area contributed by atoms with Crippen LogP contribution < -0.4 is 21.3 Å². The molecule has 0 unspecified atom stereocenters. The highest BCUT2D eigenvalue weighted by Crippen LogP contribution is 2.47. The van der Waals surface area contributed by atoms with E-state index < -0.39 is 0 Å². The highest BCUT2D eigenvalue weighted by molar-refractivity contribution is 6.99. The molecule has 5 aromatic carbocycles. The van der Waals surface area contributed by atoms with E-state index in [0.717, 1.165) is 55.1 Å². The predicted octanol–water partition coefficient (Wildman–Crippen LogP) is 7.46. The molecule has 2 aliphatic heterocycles. The quantitative estimate of drug-likeness (QED) is 0.206. The fourth-order valence-corrected chi connectivity index (χ4v) is 7.09. The number of furan rings is 1. The molecule has 3 heterocycles. The summed E-state index contributed by atoms with van der Waals surface area (Å²) in [6.07, 6.45) is 0. The van der Waals surface area contributed by atoms with Crippen LogP contribution in [0.4, 0.5) is 11.4 Å². The molecule has 0 N–H and O–H groups in total. The second-order valence-corrected chi connectivity index (χ2v) is 13.8. The summed E-state index contributed by atoms with van der Waals surface area (Å²) in [6.45, 7) is 13.5. The molecule has 1 aromatic heterocycles. The van der Waals surface area contributed by atoms with E-state index in [2.05, 4.69) is 114 Å². The minimum Gasteiger partial charge on any atom is -0.456 e. The van der Waals surface area contributed by atoms with Crippen LogP contribution in [0.1, 0.15) is 63.0 Å². The van der Waals surface area contributed by atoms with Gasteiger partial charge in [-0.05, 0) is 50.4 Å². The second-order valence-electron chi connectivity index (χ2n) is 13.8. The van der Waals surface area contributed by atoms with Crippen LogP contribution in [0.25, 0.3) is 32.7 Å². The summed E-state index contributed by atoms with van der Waals surface area (Å²) in [5.74, 6) is 0.0478. The molecule has 8 rings (SSSR count). The van der Waals surface area contributed by atoms with Crippen molar-refractivity contribution < 1.29 is 9.21 Å². The van der Waals surface area contributed by atoms with Gasteiger partial charge in [0.05, 0.1) is 11.3 Å². The summed E-state index contributed by atoms with van der Waals surface area (Å²) in [5, 5.41) is 4.40. The maximum absolute atomic E-state index is 14.5. The zero-order valence-corrected chi connectivity index (χ0v) is 24.4. The standard InChI is InChI=1S/C37H32BNO2/c1-36(2,3)22-16-21-17-27(37(4,5)6)33-34-32(21)26(18-22)35(40)39(34)29-20-31-25(24-14-10-11-15-30(24)41-31)19-28(29)38(33)23-12-8-7-9-13-23/h7-20H,1-6H3. The zero-order chi connectivity index (χ0) is 28.4. The van der Waals surface area contributed by atoms with Crippen molar-refractivity contribution in [3.05, 3.63) is 102 Å². The highest BCUT2D eigenvalue weighted by atomic mass is 16.3. The van der Waals surface area contributed by atoms with Gasteiger partial charge >= 0.3 is 0 Å². The lowest BCUT2D eigenvalue weighted by atomic mass is 9.33. The van der Waals surface area contributed by atoms with Crippen LogP contribution in [-0.2, 0) is 10.8 Å². The van der Waals surface area contributed by atoms with Gasteiger partial charge in [-0.15, -0.1) is 0 Å². The molecule has 0 atom stereocenters. The number of nitrogens with zero attached hydrogens (tertiary/aromatic N) is 1. The van der Waals surface area contributed by atoms with Gasteiger partial charge in [-0.2, -0.15) is 0 Å². The van der Waals surface area contributed by atoms with E-state index in [9.17, 15) is 4.79 Å². The lowest BCUT2D eigenvalue weighted by Crippen LogP contribution is -2.59. The maximum Gasteiger partial charge on any atom is 0.263 e. The fourth-order valence-electron chi connectivity index (χ4n) is 7.09. The molecule has 0 radical (unpaired) electrons. The molecule has 3 nitrogen and oxygen atoms in total. The number of carbonyl (C=O) groups is 1. The molecule has 0 bridgehead atoms. The third kappa shape index (κ3) is 3.31. The van der Waals surface area contributed by atoms with E-state index in [0.29, 0.717) is 0 Å². The number of fused-ring (bicyclic) bond motifs is 5. The minimum atomic E-state index is -0.133. The molecule has 0 aliphatic carbocycles. The molecular weight excluding hydrogens is 501 g/mol. The third-order valence-corrected chi connectivity index (χ3v) is 9.08. The fraction of sp³-hybridized carbons (Fsp3) is 0.216. The second kappa shape index (κ2) is 7.91. The minimum absolute atomic E-state index is 0.0184. The molecule has 41 heavy (non-hydrogen) atoms. The highest BCUT2D eigenvalue weighted by Gasteiger charge is 2.46. The normalized spacial score (nSPS) is 14.5. The summed E-state index contributed by atoms with van der Waals surface area (Å²) in [7, 11) is 0. The van der Waals surface area contributed by atoms with Crippen LogP contribution in [0.2, 0.25) is 0 Å². The topological polar surface area (TPSA) is 33.5 Å². The molecule has 1 amide bonds. The summed E-state index contributed by atoms with van der Waals surface area (Å²) in [4.78, 5) is 16.5. The summed E-state index contributed by atoms with van der Waals surface area (Å²) in [6, 6.07) is 30.2. The molecule has 4 heteroatoms. The Morgan fingerprint density at radius 2 is 1.46 bits per heavy atom. The molecular formula is C37H32BNO2. The van der Waals surface area contributed by atoms with Crippen LogP contribution in [0.5, 0.6) is 0 Å². The molecule has 2 aliphatic rings. The first-order valence-corrected chi connectivity index (χ1v) is 14.5. The Morgan fingerprint density at radius 3 is 2.20 bits per heavy atom. The average molecular weight is 533 g/mol. The Balaban J connectivity index is 1.56. The first-order chi connectivity index (χ1) is 19.5. The number of hydrogen-bond acceptors (Lipinski definition) is 2. The van der Waals surface area contributed by atoms with Gasteiger partial charge in [0, 0.05) is 27.9 Å². The van der Waals surface area contributed by atoms with Crippen molar-refractivity contribution in [2.24, 2.45) is 0 Å². The maximum atomic E-state index is 14.5. The van der Waals surface area contributed by atoms with Crippen molar-refractivity contribution in [2.75, 3.05) is 4.90 Å². The zero-order valence-electron chi connectivity index (χ0n) is 24.4. The number of amides is 1. The average Bonchev–Trinajstić information content (AvgIpc) is 3.44. The van der Waals surface area contributed by atoms with Crippen LogP contribution in [0, 0.1) is 0 Å². The Labute approximate surface area is 240 Å². The SMILES string of the molecule is CC(C)(C)c1cc2c3c4c(c(C(C)(C)C)cc3c1)B(c1ccccc1)c1cc3c(cc1N4C2=O)oc1ccccc13. The van der Waals surface area contributed by atoms with E-state index in [-0.39, 0.29) is 23.4 Å². The summed E-state index contributed by atoms with van der Waals surface area (Å²) < 4.78 is 6.36. The van der Waals surface area contributed by atoms with Gasteiger partial charge in [0.25, 0.3) is 5.91 Å². The van der Waals surface area contributed by atoms with Gasteiger partial charge in [-0.25, -0.2) is 0 Å². The largest absolute Gasteiger partial charge is 0.456 e. The van der Waals surface area contributed by atoms with Crippen LogP contribution in [-0.4, -0.2) is 12.6 Å². The van der Waals surface area contributed by atoms with Gasteiger partial charge in [0.2, 0.25) is 6.71 Å². The lowest BCUT2D eigenvalue weighted by Gasteiger charge is -2.37. The van der Waals surface area contributed by atoms with Gasteiger partial charge in [-0.1, -0.05) is 114 Å². The van der Waals surface area contributed by atoms with E-state index in [1.165, 1.54) is 22.1 Å². The van der Waals surface area contributed by atoms with Gasteiger partial charge in [0.1, 0.15) is 11.2 Å². The molecule has 0 saturated carbocycles. The summed E-state index contributed by atoms with van der Waals surface area (Å²) in [5.41, 5.74) is 10.3. The monoisotopic (exact) mass is 533 g/mol. The van der Waals surface area contributed by atoms with Crippen molar-refractivity contribution in [3.63, 3.8) is 0 Å². The van der Waals surface area contributed by atoms with Crippen LogP contribution in [0.3, 0.4) is 0 Å². The molecule has 0 spiro atoms. The molecule has 200 valence electrons. The number of para-hydroxylation sites is 1. The first kappa shape index (κ1) is 24.5. The molecule has 0 saturated heterocycles. The number of benzene rings is 5. The van der Waals surface area contributed by atoms with Gasteiger partial charge in [0.15, 0.2) is 0 Å². The third-order valence-electron chi connectivity index (χ3n) is 9.08. The number of carbonyl (C=O) groups excluding carboxylic acids is 1. The van der Waals surface area contributed by atoms with Crippen molar-refractivity contribution in [1.29, 1.82) is 0 Å². The van der Waals surface area contributed by atoms with E-state index in [1.807, 2.05) is 17.0 Å². The van der Waals surface area contributed by atoms with Crippen molar-refractivity contribution >= 4 is 73.1 Å². The number of rotatable bonds is 1. The smallest absolute Gasteiger partial charge is 0.263 e. The number of hydrogen-bond donors (Lipinski definition) is 0. The molecule has 6 aromatic rings. The first-order valence-electron chi connectivity index (χ1n) is 14.5. The Morgan fingerprint density at radius 1 is 0.732 bits per heavy atom. The summed E-state index contributed by atoms with van der Waals surface area (Å²) >= 11 is 0. The Hall–Kier alpha value is -4.31. The molecule has 0 fully saturated rings. The predicted molar refractivity (Wildman–Crippen MR) is 173 cm³/mol.